The van der Waals surface area contributed by atoms with Crippen LogP contribution in [0.2, 0.25) is 0 Å². The van der Waals surface area contributed by atoms with E-state index >= 15 is 0 Å². The van der Waals surface area contributed by atoms with Crippen LogP contribution in [0.3, 0.4) is 0 Å². The monoisotopic (exact) mass is 349 g/mol. The summed E-state index contributed by atoms with van der Waals surface area (Å²) in [6.45, 7) is 0.741. The van der Waals surface area contributed by atoms with Crippen LogP contribution in [0, 0.1) is 0 Å². The summed E-state index contributed by atoms with van der Waals surface area (Å²) in [5.74, 6) is 0. The van der Waals surface area contributed by atoms with Gasteiger partial charge in [0.25, 0.3) is 0 Å². The van der Waals surface area contributed by atoms with Gasteiger partial charge in [-0.2, -0.15) is 0 Å². The molecule has 2 aromatic heterocycles. The Morgan fingerprint density at radius 1 is 1.04 bits per heavy atom. The minimum Gasteiger partial charge on any atom is -0.378 e. The lowest BCUT2D eigenvalue weighted by atomic mass is 10.2. The zero-order valence-corrected chi connectivity index (χ0v) is 15.0. The Balaban J connectivity index is 1.52. The molecule has 0 radical (unpaired) electrons. The molecule has 1 N–H and O–H groups in total. The van der Waals surface area contributed by atoms with Crippen LogP contribution in [0.4, 0.5) is 10.8 Å². The normalized spacial score (nSPS) is 11.0. The number of fused-ring (bicyclic) bond motifs is 1. The second-order valence-corrected chi connectivity index (χ2v) is 6.98. The molecule has 2 heterocycles. The lowest BCUT2D eigenvalue weighted by molar-refractivity contribution is 0.968. The van der Waals surface area contributed by atoms with Crippen molar-refractivity contribution in [2.24, 2.45) is 0 Å². The summed E-state index contributed by atoms with van der Waals surface area (Å²) in [7, 11) is 4.09. The first-order chi connectivity index (χ1) is 12.2. The summed E-state index contributed by atoms with van der Waals surface area (Å²) < 4.78 is 1.90. The molecule has 0 aliphatic heterocycles. The first-order valence-electron chi connectivity index (χ1n) is 8.11. The first-order valence-corrected chi connectivity index (χ1v) is 8.92. The maximum Gasteiger partial charge on any atom is 0.214 e. The largest absolute Gasteiger partial charge is 0.378 e. The summed E-state index contributed by atoms with van der Waals surface area (Å²) in [6, 6.07) is 18.7. The third-order valence-corrected chi connectivity index (χ3v) is 4.93. The van der Waals surface area contributed by atoms with E-state index in [1.54, 1.807) is 11.3 Å². The van der Waals surface area contributed by atoms with Gasteiger partial charge in [0.15, 0.2) is 0 Å². The number of benzene rings is 2. The molecule has 126 valence electrons. The van der Waals surface area contributed by atoms with Gasteiger partial charge in [0.1, 0.15) is 0 Å². The number of hydrogen-bond donors (Lipinski definition) is 1. The zero-order valence-electron chi connectivity index (χ0n) is 14.2. The van der Waals surface area contributed by atoms with Crippen molar-refractivity contribution < 1.29 is 0 Å². The second-order valence-electron chi connectivity index (χ2n) is 6.03. The molecule has 4 aromatic rings. The molecule has 0 aliphatic carbocycles. The molecule has 0 amide bonds. The predicted molar refractivity (Wildman–Crippen MR) is 104 cm³/mol. The van der Waals surface area contributed by atoms with Gasteiger partial charge in [0.05, 0.1) is 11.9 Å². The van der Waals surface area contributed by atoms with Crippen molar-refractivity contribution in [3.05, 3.63) is 66.4 Å². The van der Waals surface area contributed by atoms with Crippen LogP contribution in [-0.2, 0) is 6.54 Å². The van der Waals surface area contributed by atoms with E-state index in [0.717, 1.165) is 27.9 Å². The van der Waals surface area contributed by atoms with Crippen molar-refractivity contribution in [2.45, 2.75) is 6.54 Å². The molecule has 0 aliphatic rings. The minimum absolute atomic E-state index is 0.741. The highest BCUT2D eigenvalue weighted by Crippen LogP contribution is 2.26. The molecule has 0 bridgehead atoms. The second kappa shape index (κ2) is 6.57. The van der Waals surface area contributed by atoms with Crippen molar-refractivity contribution in [1.82, 2.24) is 14.6 Å². The summed E-state index contributed by atoms with van der Waals surface area (Å²) in [6.07, 6.45) is 1.87. The van der Waals surface area contributed by atoms with Crippen LogP contribution in [0.25, 0.3) is 16.2 Å². The van der Waals surface area contributed by atoms with Gasteiger partial charge in [-0.15, -0.1) is 5.10 Å². The van der Waals surface area contributed by atoms with Gasteiger partial charge in [-0.1, -0.05) is 53.8 Å². The van der Waals surface area contributed by atoms with Crippen LogP contribution in [0.5, 0.6) is 0 Å². The van der Waals surface area contributed by atoms with E-state index in [4.69, 9.17) is 0 Å². The summed E-state index contributed by atoms with van der Waals surface area (Å²) in [5, 5.41) is 8.93. The fraction of sp³-hybridized carbons (Fsp3) is 0.158. The minimum atomic E-state index is 0.741. The van der Waals surface area contributed by atoms with Crippen LogP contribution >= 0.6 is 11.3 Å². The van der Waals surface area contributed by atoms with E-state index in [1.807, 2.05) is 43.0 Å². The van der Waals surface area contributed by atoms with Gasteiger partial charge in [-0.05, 0) is 17.7 Å². The number of imidazole rings is 1. The average Bonchev–Trinajstić information content (AvgIpc) is 3.21. The molecule has 25 heavy (non-hydrogen) atoms. The van der Waals surface area contributed by atoms with Gasteiger partial charge in [0, 0.05) is 31.9 Å². The van der Waals surface area contributed by atoms with Crippen molar-refractivity contribution in [2.75, 3.05) is 24.3 Å². The third kappa shape index (κ3) is 3.21. The number of nitrogens with zero attached hydrogens (tertiary/aromatic N) is 4. The SMILES string of the molecule is CN(C)c1ccc(CNc2nn3c(-c4ccccc4)cnc3s2)cc1. The van der Waals surface area contributed by atoms with E-state index in [1.165, 1.54) is 11.3 Å². The van der Waals surface area contributed by atoms with Crippen molar-refractivity contribution in [3.63, 3.8) is 0 Å². The topological polar surface area (TPSA) is 45.5 Å². The van der Waals surface area contributed by atoms with E-state index in [-0.39, 0.29) is 0 Å². The predicted octanol–water partition coefficient (Wildman–Crippen LogP) is 4.14. The summed E-state index contributed by atoms with van der Waals surface area (Å²) >= 11 is 1.56. The number of nitrogens with one attached hydrogen (secondary N) is 1. The molecule has 0 spiro atoms. The number of anilines is 2. The first kappa shape index (κ1) is 15.7. The number of aromatic nitrogens is 3. The Kier molecular flexibility index (Phi) is 4.11. The Hall–Kier alpha value is -2.86. The van der Waals surface area contributed by atoms with Gasteiger partial charge in [-0.25, -0.2) is 9.50 Å². The highest BCUT2D eigenvalue weighted by Gasteiger charge is 2.11. The molecule has 0 saturated carbocycles. The average molecular weight is 349 g/mol. The number of hydrogen-bond acceptors (Lipinski definition) is 5. The van der Waals surface area contributed by atoms with Gasteiger partial charge in [-0.3, -0.25) is 0 Å². The standard InChI is InChI=1S/C19H19N5S/c1-23(2)16-10-8-14(9-11-16)12-20-18-22-24-17(13-21-19(24)25-18)15-6-4-3-5-7-15/h3-11,13H,12H2,1-2H3,(H,20,22). The summed E-state index contributed by atoms with van der Waals surface area (Å²) in [5.41, 5.74) is 4.55. The molecule has 0 unspecified atom stereocenters. The highest BCUT2D eigenvalue weighted by molar-refractivity contribution is 7.20. The van der Waals surface area contributed by atoms with Crippen LogP contribution in [0.15, 0.2) is 60.8 Å². The van der Waals surface area contributed by atoms with Crippen LogP contribution in [-0.4, -0.2) is 28.7 Å². The van der Waals surface area contributed by atoms with E-state index in [9.17, 15) is 0 Å². The van der Waals surface area contributed by atoms with Crippen LogP contribution < -0.4 is 10.2 Å². The van der Waals surface area contributed by atoms with E-state index in [0.29, 0.717) is 0 Å². The highest BCUT2D eigenvalue weighted by atomic mass is 32.1. The molecule has 0 atom stereocenters. The fourth-order valence-electron chi connectivity index (χ4n) is 2.66. The Bertz CT molecular complexity index is 970. The fourth-order valence-corrected chi connectivity index (χ4v) is 3.43. The van der Waals surface area contributed by atoms with E-state index in [2.05, 4.69) is 56.7 Å². The lowest BCUT2D eigenvalue weighted by Crippen LogP contribution is -2.08. The Morgan fingerprint density at radius 2 is 1.80 bits per heavy atom. The molecular formula is C19H19N5S. The maximum atomic E-state index is 4.66. The van der Waals surface area contributed by atoms with Gasteiger partial charge >= 0.3 is 0 Å². The van der Waals surface area contributed by atoms with Gasteiger partial charge in [0.2, 0.25) is 10.1 Å². The molecule has 0 saturated heterocycles. The molecular weight excluding hydrogens is 330 g/mol. The zero-order chi connectivity index (χ0) is 17.2. The molecule has 4 rings (SSSR count). The quantitative estimate of drug-likeness (QED) is 0.588. The summed E-state index contributed by atoms with van der Waals surface area (Å²) in [4.78, 5) is 7.46. The number of rotatable bonds is 5. The van der Waals surface area contributed by atoms with Crippen molar-refractivity contribution in [1.29, 1.82) is 0 Å². The third-order valence-electron chi connectivity index (χ3n) is 4.05. The van der Waals surface area contributed by atoms with Crippen molar-refractivity contribution in [3.8, 4) is 11.3 Å². The van der Waals surface area contributed by atoms with Gasteiger partial charge < -0.3 is 10.2 Å². The molecule has 6 heteroatoms. The maximum absolute atomic E-state index is 4.66. The Labute approximate surface area is 150 Å². The van der Waals surface area contributed by atoms with Crippen molar-refractivity contribution >= 4 is 27.1 Å². The Morgan fingerprint density at radius 3 is 2.52 bits per heavy atom. The smallest absolute Gasteiger partial charge is 0.214 e. The molecule has 2 aromatic carbocycles. The van der Waals surface area contributed by atoms with E-state index < -0.39 is 0 Å². The van der Waals surface area contributed by atoms with Crippen LogP contribution in [0.1, 0.15) is 5.56 Å². The molecule has 5 nitrogen and oxygen atoms in total. The molecule has 0 fully saturated rings. The lowest BCUT2D eigenvalue weighted by Gasteiger charge is -2.12.